The monoisotopic (exact) mass is 246 g/mol. The second-order valence-electron chi connectivity index (χ2n) is 3.65. The lowest BCUT2D eigenvalue weighted by Crippen LogP contribution is -2.14. The molecule has 18 heavy (non-hydrogen) atoms. The van der Waals surface area contributed by atoms with Crippen LogP contribution in [-0.4, -0.2) is 11.9 Å². The van der Waals surface area contributed by atoms with Gasteiger partial charge >= 0.3 is 11.9 Å². The van der Waals surface area contributed by atoms with Gasteiger partial charge in [0.2, 0.25) is 5.76 Å². The van der Waals surface area contributed by atoms with E-state index in [4.69, 9.17) is 4.74 Å². The van der Waals surface area contributed by atoms with Crippen LogP contribution in [0.15, 0.2) is 54.8 Å². The average molecular weight is 246 g/mol. The van der Waals surface area contributed by atoms with E-state index in [1.54, 1.807) is 0 Å². The molecule has 0 saturated carbocycles. The van der Waals surface area contributed by atoms with E-state index in [0.29, 0.717) is 0 Å². The molecule has 0 unspecified atom stereocenters. The van der Waals surface area contributed by atoms with Crippen LogP contribution < -0.4 is 0 Å². The van der Waals surface area contributed by atoms with Crippen LogP contribution in [0, 0.1) is 0 Å². The third-order valence-corrected chi connectivity index (χ3v) is 2.00. The quantitative estimate of drug-likeness (QED) is 0.454. The Kier molecular flexibility index (Phi) is 4.87. The number of hydrogen-bond acceptors (Lipinski definition) is 4. The smallest absolute Gasteiger partial charge is 0.374 e. The Hall–Kier alpha value is -2.36. The molecule has 0 aliphatic carbocycles. The molecule has 94 valence electrons. The van der Waals surface area contributed by atoms with E-state index >= 15 is 0 Å². The summed E-state index contributed by atoms with van der Waals surface area (Å²) in [5, 5.41) is 0. The Labute approximate surface area is 106 Å². The second kappa shape index (κ2) is 6.39. The Morgan fingerprint density at radius 2 is 1.72 bits per heavy atom. The van der Waals surface area contributed by atoms with Crippen molar-refractivity contribution in [1.82, 2.24) is 0 Å². The van der Waals surface area contributed by atoms with E-state index in [0.717, 1.165) is 5.56 Å². The summed E-state index contributed by atoms with van der Waals surface area (Å²) >= 11 is 0. The van der Waals surface area contributed by atoms with E-state index < -0.39 is 11.9 Å². The van der Waals surface area contributed by atoms with Crippen molar-refractivity contribution in [3.63, 3.8) is 0 Å². The van der Waals surface area contributed by atoms with Gasteiger partial charge in [-0.25, -0.2) is 9.59 Å². The van der Waals surface area contributed by atoms with Crippen molar-refractivity contribution in [2.75, 3.05) is 0 Å². The van der Waals surface area contributed by atoms with E-state index in [1.807, 2.05) is 30.3 Å². The molecule has 0 aromatic heterocycles. The lowest BCUT2D eigenvalue weighted by molar-refractivity contribution is -0.150. The van der Waals surface area contributed by atoms with Gasteiger partial charge < -0.3 is 9.47 Å². The van der Waals surface area contributed by atoms with Crippen molar-refractivity contribution in [1.29, 1.82) is 0 Å². The molecule has 0 fully saturated rings. The molecule has 1 aromatic rings. The van der Waals surface area contributed by atoms with Gasteiger partial charge in [-0.15, -0.1) is 0 Å². The summed E-state index contributed by atoms with van der Waals surface area (Å²) in [5.41, 5.74) is 1.02. The van der Waals surface area contributed by atoms with Gasteiger partial charge in [0.15, 0.2) is 0 Å². The SMILES string of the molecule is C=C(C)C(=O)OC(=C)C(=O)OCc1ccccc1. The fraction of sp³-hybridized carbons (Fsp3) is 0.143. The van der Waals surface area contributed by atoms with Crippen LogP contribution in [0.4, 0.5) is 0 Å². The highest BCUT2D eigenvalue weighted by Gasteiger charge is 2.14. The van der Waals surface area contributed by atoms with Gasteiger partial charge in [0.25, 0.3) is 0 Å². The molecular formula is C14H14O4. The minimum absolute atomic E-state index is 0.101. The summed E-state index contributed by atoms with van der Waals surface area (Å²) in [7, 11) is 0. The number of carbonyl (C=O) groups excluding carboxylic acids is 2. The molecule has 0 radical (unpaired) electrons. The molecule has 0 heterocycles. The molecule has 0 N–H and O–H groups in total. The van der Waals surface area contributed by atoms with Crippen LogP contribution in [0.25, 0.3) is 0 Å². The van der Waals surface area contributed by atoms with Crippen LogP contribution in [-0.2, 0) is 25.7 Å². The first kappa shape index (κ1) is 13.7. The third kappa shape index (κ3) is 4.25. The summed E-state index contributed by atoms with van der Waals surface area (Å²) in [6.07, 6.45) is 0. The molecule has 0 atom stereocenters. The first-order valence-corrected chi connectivity index (χ1v) is 5.28. The molecule has 1 aromatic carbocycles. The zero-order chi connectivity index (χ0) is 13.5. The van der Waals surface area contributed by atoms with Gasteiger partial charge in [-0.1, -0.05) is 36.9 Å². The second-order valence-corrected chi connectivity index (χ2v) is 3.65. The molecule has 0 aliphatic heterocycles. The number of hydrogen-bond donors (Lipinski definition) is 0. The predicted octanol–water partition coefficient (Wildman–Crippen LogP) is 2.36. The summed E-state index contributed by atoms with van der Waals surface area (Å²) in [5.74, 6) is -1.82. The van der Waals surface area contributed by atoms with Crippen molar-refractivity contribution in [3.05, 3.63) is 60.4 Å². The van der Waals surface area contributed by atoms with Crippen molar-refractivity contribution >= 4 is 11.9 Å². The molecule has 0 aliphatic rings. The van der Waals surface area contributed by atoms with Crippen LogP contribution >= 0.6 is 0 Å². The topological polar surface area (TPSA) is 52.6 Å². The average Bonchev–Trinajstić information content (AvgIpc) is 2.36. The standard InChI is InChI=1S/C14H14O4/c1-10(2)13(15)18-11(3)14(16)17-9-12-7-5-4-6-8-12/h4-8H,1,3,9H2,2H3. The summed E-state index contributed by atoms with van der Waals surface area (Å²) in [6.45, 7) is 8.30. The number of carbonyl (C=O) groups is 2. The fourth-order valence-corrected chi connectivity index (χ4v) is 1.04. The van der Waals surface area contributed by atoms with Crippen molar-refractivity contribution < 1.29 is 19.1 Å². The fourth-order valence-electron chi connectivity index (χ4n) is 1.04. The van der Waals surface area contributed by atoms with Crippen LogP contribution in [0.2, 0.25) is 0 Å². The maximum atomic E-state index is 11.4. The molecule has 0 amide bonds. The lowest BCUT2D eigenvalue weighted by Gasteiger charge is -2.07. The molecule has 4 heteroatoms. The van der Waals surface area contributed by atoms with Gasteiger partial charge in [0.1, 0.15) is 6.61 Å². The highest BCUT2D eigenvalue weighted by atomic mass is 16.6. The molecular weight excluding hydrogens is 232 g/mol. The molecule has 0 bridgehead atoms. The molecule has 1 rings (SSSR count). The Morgan fingerprint density at radius 1 is 1.11 bits per heavy atom. The van der Waals surface area contributed by atoms with Crippen molar-refractivity contribution in [3.8, 4) is 0 Å². The van der Waals surface area contributed by atoms with E-state index in [9.17, 15) is 9.59 Å². The van der Waals surface area contributed by atoms with Crippen molar-refractivity contribution in [2.45, 2.75) is 13.5 Å². The number of rotatable bonds is 5. The third-order valence-electron chi connectivity index (χ3n) is 2.00. The van der Waals surface area contributed by atoms with Crippen LogP contribution in [0.3, 0.4) is 0 Å². The largest absolute Gasteiger partial charge is 0.455 e. The maximum Gasteiger partial charge on any atom is 0.374 e. The Bertz CT molecular complexity index is 474. The highest BCUT2D eigenvalue weighted by Crippen LogP contribution is 2.06. The minimum Gasteiger partial charge on any atom is -0.455 e. The summed E-state index contributed by atoms with van der Waals surface area (Å²) in [4.78, 5) is 22.6. The Morgan fingerprint density at radius 3 is 2.28 bits per heavy atom. The van der Waals surface area contributed by atoms with Gasteiger partial charge in [0.05, 0.1) is 0 Å². The first-order chi connectivity index (χ1) is 8.50. The van der Waals surface area contributed by atoms with E-state index in [-0.39, 0.29) is 17.9 Å². The molecule has 0 saturated heterocycles. The zero-order valence-electron chi connectivity index (χ0n) is 10.1. The molecule has 0 spiro atoms. The van der Waals surface area contributed by atoms with Crippen molar-refractivity contribution in [2.24, 2.45) is 0 Å². The number of ether oxygens (including phenoxy) is 2. The van der Waals surface area contributed by atoms with Gasteiger partial charge in [-0.05, 0) is 19.1 Å². The normalized spacial score (nSPS) is 9.39. The number of benzene rings is 1. The maximum absolute atomic E-state index is 11.4. The van der Waals surface area contributed by atoms with E-state index in [1.165, 1.54) is 6.92 Å². The zero-order valence-corrected chi connectivity index (χ0v) is 10.1. The van der Waals surface area contributed by atoms with Gasteiger partial charge in [-0.3, -0.25) is 0 Å². The highest BCUT2D eigenvalue weighted by molar-refractivity contribution is 5.93. The van der Waals surface area contributed by atoms with Crippen LogP contribution in [0.5, 0.6) is 0 Å². The predicted molar refractivity (Wildman–Crippen MR) is 66.3 cm³/mol. The van der Waals surface area contributed by atoms with Gasteiger partial charge in [0, 0.05) is 5.57 Å². The first-order valence-electron chi connectivity index (χ1n) is 5.28. The molecule has 4 nitrogen and oxygen atoms in total. The van der Waals surface area contributed by atoms with Gasteiger partial charge in [-0.2, -0.15) is 0 Å². The van der Waals surface area contributed by atoms with E-state index in [2.05, 4.69) is 17.9 Å². The number of esters is 2. The summed E-state index contributed by atoms with van der Waals surface area (Å²) in [6, 6.07) is 9.16. The minimum atomic E-state index is -0.770. The Balaban J connectivity index is 2.44. The lowest BCUT2D eigenvalue weighted by atomic mass is 10.2. The van der Waals surface area contributed by atoms with Crippen LogP contribution in [0.1, 0.15) is 12.5 Å². The summed E-state index contributed by atoms with van der Waals surface area (Å²) < 4.78 is 9.58.